The zero-order valence-electron chi connectivity index (χ0n) is 14.8. The first-order valence-corrected chi connectivity index (χ1v) is 8.89. The molecule has 1 amide bonds. The predicted octanol–water partition coefficient (Wildman–Crippen LogP) is 4.17. The van der Waals surface area contributed by atoms with Crippen molar-refractivity contribution in [3.8, 4) is 11.1 Å². The number of aliphatic carboxylic acids is 1. The number of hydrogen-bond acceptors (Lipinski definition) is 3. The molecule has 2 N–H and O–H groups in total. The van der Waals surface area contributed by atoms with E-state index in [1.165, 1.54) is 22.3 Å². The van der Waals surface area contributed by atoms with Gasteiger partial charge in [-0.1, -0.05) is 48.5 Å². The predicted molar refractivity (Wildman–Crippen MR) is 99.2 cm³/mol. The molecule has 2 aromatic rings. The highest BCUT2D eigenvalue weighted by molar-refractivity contribution is 5.79. The van der Waals surface area contributed by atoms with Gasteiger partial charge in [0.1, 0.15) is 6.61 Å². The van der Waals surface area contributed by atoms with E-state index in [9.17, 15) is 9.59 Å². The molecular weight excluding hydrogens is 330 g/mol. The molecule has 0 heterocycles. The number of benzene rings is 2. The van der Waals surface area contributed by atoms with Gasteiger partial charge >= 0.3 is 12.1 Å². The van der Waals surface area contributed by atoms with Gasteiger partial charge in [0, 0.05) is 18.4 Å². The van der Waals surface area contributed by atoms with Crippen molar-refractivity contribution in [2.45, 2.75) is 38.1 Å². The van der Waals surface area contributed by atoms with E-state index in [1.807, 2.05) is 31.2 Å². The van der Waals surface area contributed by atoms with Crippen LogP contribution >= 0.6 is 0 Å². The standard InChI is InChI=1S/C21H23NO4/c1-14(7-6-12-20(23)24)22-21(25)26-13-19-17-10-4-2-8-15(17)16-9-3-5-11-18(16)19/h2-5,8-11,14,19H,6-7,12-13H2,1H3,(H,22,25)(H,23,24)/t14-/m0/s1. The SMILES string of the molecule is C[C@@H](CCCC(=O)O)NC(=O)OCC1c2ccccc2-c2ccccc21. The van der Waals surface area contributed by atoms with Crippen LogP contribution in [-0.4, -0.2) is 29.8 Å². The third-order valence-electron chi connectivity index (χ3n) is 4.74. The first-order chi connectivity index (χ1) is 12.6. The molecule has 136 valence electrons. The van der Waals surface area contributed by atoms with Crippen LogP contribution in [0.1, 0.15) is 43.2 Å². The number of rotatable bonds is 7. The van der Waals surface area contributed by atoms with Crippen molar-refractivity contribution in [3.63, 3.8) is 0 Å². The van der Waals surface area contributed by atoms with E-state index in [-0.39, 0.29) is 25.0 Å². The van der Waals surface area contributed by atoms with Crippen LogP contribution in [0.25, 0.3) is 11.1 Å². The molecule has 5 nitrogen and oxygen atoms in total. The molecule has 0 saturated heterocycles. The number of carboxylic acid groups (broad SMARTS) is 1. The number of carboxylic acids is 1. The number of nitrogens with one attached hydrogen (secondary N) is 1. The smallest absolute Gasteiger partial charge is 0.407 e. The van der Waals surface area contributed by atoms with Crippen molar-refractivity contribution in [2.75, 3.05) is 6.61 Å². The first-order valence-electron chi connectivity index (χ1n) is 8.89. The lowest BCUT2D eigenvalue weighted by atomic mass is 9.98. The number of fused-ring (bicyclic) bond motifs is 3. The molecule has 1 atom stereocenters. The van der Waals surface area contributed by atoms with E-state index in [2.05, 4.69) is 29.6 Å². The van der Waals surface area contributed by atoms with E-state index < -0.39 is 12.1 Å². The number of alkyl carbamates (subject to hydrolysis) is 1. The lowest BCUT2D eigenvalue weighted by Crippen LogP contribution is -2.33. The van der Waals surface area contributed by atoms with Crippen molar-refractivity contribution in [1.82, 2.24) is 5.32 Å². The van der Waals surface area contributed by atoms with Crippen molar-refractivity contribution in [2.24, 2.45) is 0 Å². The number of amides is 1. The van der Waals surface area contributed by atoms with Crippen molar-refractivity contribution in [3.05, 3.63) is 59.7 Å². The highest BCUT2D eigenvalue weighted by Crippen LogP contribution is 2.44. The average Bonchev–Trinajstić information content (AvgIpc) is 2.93. The lowest BCUT2D eigenvalue weighted by molar-refractivity contribution is -0.137. The number of carbonyl (C=O) groups is 2. The molecule has 3 rings (SSSR count). The first kappa shape index (κ1) is 18.0. The lowest BCUT2D eigenvalue weighted by Gasteiger charge is -2.17. The molecule has 5 heteroatoms. The molecule has 0 saturated carbocycles. The summed E-state index contributed by atoms with van der Waals surface area (Å²) in [5.41, 5.74) is 4.74. The fourth-order valence-electron chi connectivity index (χ4n) is 3.47. The summed E-state index contributed by atoms with van der Waals surface area (Å²) in [7, 11) is 0. The average molecular weight is 353 g/mol. The summed E-state index contributed by atoms with van der Waals surface area (Å²) < 4.78 is 5.47. The maximum atomic E-state index is 12.1. The maximum absolute atomic E-state index is 12.1. The van der Waals surface area contributed by atoms with Crippen LogP contribution in [0.3, 0.4) is 0 Å². The van der Waals surface area contributed by atoms with E-state index >= 15 is 0 Å². The van der Waals surface area contributed by atoms with Crippen LogP contribution < -0.4 is 5.32 Å². The summed E-state index contributed by atoms with van der Waals surface area (Å²) in [5.74, 6) is -0.784. The summed E-state index contributed by atoms with van der Waals surface area (Å²) in [6.45, 7) is 2.13. The van der Waals surface area contributed by atoms with Crippen molar-refractivity contribution >= 4 is 12.1 Å². The second-order valence-electron chi connectivity index (χ2n) is 6.66. The Bertz CT molecular complexity index is 757. The van der Waals surface area contributed by atoms with Gasteiger partial charge in [-0.2, -0.15) is 0 Å². The second kappa shape index (κ2) is 8.04. The minimum absolute atomic E-state index is 0.0375. The maximum Gasteiger partial charge on any atom is 0.407 e. The minimum atomic E-state index is -0.821. The Labute approximate surface area is 153 Å². The molecular formula is C21H23NO4. The topological polar surface area (TPSA) is 75.6 Å². The van der Waals surface area contributed by atoms with Gasteiger partial charge in [0.2, 0.25) is 0 Å². The summed E-state index contributed by atoms with van der Waals surface area (Å²) in [6, 6.07) is 16.3. The van der Waals surface area contributed by atoms with Crippen LogP contribution in [0.5, 0.6) is 0 Å². The zero-order chi connectivity index (χ0) is 18.5. The van der Waals surface area contributed by atoms with Gasteiger partial charge < -0.3 is 15.2 Å². The van der Waals surface area contributed by atoms with E-state index in [0.717, 1.165) is 0 Å². The molecule has 26 heavy (non-hydrogen) atoms. The molecule has 0 aliphatic heterocycles. The van der Waals surface area contributed by atoms with Gasteiger partial charge in [0.15, 0.2) is 0 Å². The summed E-state index contributed by atoms with van der Waals surface area (Å²) in [5, 5.41) is 11.4. The molecule has 2 aromatic carbocycles. The zero-order valence-corrected chi connectivity index (χ0v) is 14.8. The Kier molecular flexibility index (Phi) is 5.56. The quantitative estimate of drug-likeness (QED) is 0.783. The van der Waals surface area contributed by atoms with Crippen LogP contribution in [0, 0.1) is 0 Å². The highest BCUT2D eigenvalue weighted by atomic mass is 16.5. The fraction of sp³-hybridized carbons (Fsp3) is 0.333. The third kappa shape index (κ3) is 4.04. The van der Waals surface area contributed by atoms with Crippen molar-refractivity contribution in [1.29, 1.82) is 0 Å². The molecule has 0 spiro atoms. The number of carbonyl (C=O) groups excluding carboxylic acids is 1. The molecule has 0 radical (unpaired) electrons. The minimum Gasteiger partial charge on any atom is -0.481 e. The monoisotopic (exact) mass is 353 g/mol. The van der Waals surface area contributed by atoms with Crippen LogP contribution in [0.15, 0.2) is 48.5 Å². The Hall–Kier alpha value is -2.82. The van der Waals surface area contributed by atoms with Gasteiger partial charge in [-0.05, 0) is 42.0 Å². The van der Waals surface area contributed by atoms with Crippen molar-refractivity contribution < 1.29 is 19.4 Å². The fourth-order valence-corrected chi connectivity index (χ4v) is 3.47. The Balaban J connectivity index is 1.58. The largest absolute Gasteiger partial charge is 0.481 e. The summed E-state index contributed by atoms with van der Waals surface area (Å²) in [6.07, 6.45) is 0.780. The Morgan fingerprint density at radius 3 is 2.23 bits per heavy atom. The Morgan fingerprint density at radius 1 is 1.08 bits per heavy atom. The van der Waals surface area contributed by atoms with E-state index in [0.29, 0.717) is 12.8 Å². The van der Waals surface area contributed by atoms with Gasteiger partial charge in [-0.25, -0.2) is 4.79 Å². The summed E-state index contributed by atoms with van der Waals surface area (Å²) >= 11 is 0. The number of hydrogen-bond donors (Lipinski definition) is 2. The summed E-state index contributed by atoms with van der Waals surface area (Å²) in [4.78, 5) is 22.6. The molecule has 0 unspecified atom stereocenters. The molecule has 0 aromatic heterocycles. The van der Waals surface area contributed by atoms with Gasteiger partial charge in [-0.3, -0.25) is 4.79 Å². The van der Waals surface area contributed by atoms with Gasteiger partial charge in [0.25, 0.3) is 0 Å². The Morgan fingerprint density at radius 2 is 1.65 bits per heavy atom. The van der Waals surface area contributed by atoms with Gasteiger partial charge in [0.05, 0.1) is 0 Å². The third-order valence-corrected chi connectivity index (χ3v) is 4.74. The van der Waals surface area contributed by atoms with E-state index in [1.54, 1.807) is 0 Å². The highest BCUT2D eigenvalue weighted by Gasteiger charge is 2.29. The van der Waals surface area contributed by atoms with Crippen LogP contribution in [0.2, 0.25) is 0 Å². The normalized spacial score (nSPS) is 13.6. The molecule has 0 bridgehead atoms. The van der Waals surface area contributed by atoms with Crippen LogP contribution in [-0.2, 0) is 9.53 Å². The second-order valence-corrected chi connectivity index (χ2v) is 6.66. The molecule has 0 fully saturated rings. The van der Waals surface area contributed by atoms with Crippen LogP contribution in [0.4, 0.5) is 4.79 Å². The number of ether oxygens (including phenoxy) is 1. The van der Waals surface area contributed by atoms with Gasteiger partial charge in [-0.15, -0.1) is 0 Å². The van der Waals surface area contributed by atoms with E-state index in [4.69, 9.17) is 9.84 Å². The molecule has 1 aliphatic carbocycles. The molecule has 1 aliphatic rings.